The van der Waals surface area contributed by atoms with Gasteiger partial charge in [-0.25, -0.2) is 0 Å². The van der Waals surface area contributed by atoms with Gasteiger partial charge in [0.25, 0.3) is 0 Å². The zero-order valence-corrected chi connectivity index (χ0v) is 30.0. The number of ether oxygens (including phenoxy) is 7. The second-order valence-electron chi connectivity index (χ2n) is 13.4. The van der Waals surface area contributed by atoms with Crippen LogP contribution in [0.5, 0.6) is 0 Å². The van der Waals surface area contributed by atoms with Gasteiger partial charge in [-0.2, -0.15) is 0 Å². The third-order valence-electron chi connectivity index (χ3n) is 9.33. The van der Waals surface area contributed by atoms with Crippen molar-refractivity contribution in [1.82, 2.24) is 5.32 Å². The Kier molecular flexibility index (Phi) is 14.1. The minimum atomic E-state index is -1.52. The Morgan fingerprint density at radius 2 is 1.08 bits per heavy atom. The minimum absolute atomic E-state index is 0.0478. The summed E-state index contributed by atoms with van der Waals surface area (Å²) in [5.41, 5.74) is 3.80. The van der Waals surface area contributed by atoms with Crippen LogP contribution in [0.3, 0.4) is 0 Å². The van der Waals surface area contributed by atoms with E-state index >= 15 is 0 Å². The fraction of sp³-hybridized carbons (Fsp3) is 0.405. The summed E-state index contributed by atoms with van der Waals surface area (Å²) >= 11 is 0. The predicted octanol–water partition coefficient (Wildman–Crippen LogP) is 4.67. The van der Waals surface area contributed by atoms with Crippen molar-refractivity contribution in [1.29, 1.82) is 0 Å². The summed E-state index contributed by atoms with van der Waals surface area (Å²) < 4.78 is 44.7. The topological polar surface area (TPSA) is 134 Å². The van der Waals surface area contributed by atoms with Gasteiger partial charge < -0.3 is 48.7 Å². The summed E-state index contributed by atoms with van der Waals surface area (Å²) in [5, 5.41) is 25.6. The molecule has 2 heterocycles. The number of carbonyl (C=O) groups is 1. The monoisotopic (exact) mass is 727 g/mol. The maximum absolute atomic E-state index is 12.4. The lowest BCUT2D eigenvalue weighted by Crippen LogP contribution is -2.67. The van der Waals surface area contributed by atoms with E-state index in [1.165, 1.54) is 6.92 Å². The van der Waals surface area contributed by atoms with E-state index in [1.54, 1.807) is 0 Å². The summed E-state index contributed by atoms with van der Waals surface area (Å²) in [5.74, 6) is -0.439. The number of aliphatic hydroxyl groups is 2. The van der Waals surface area contributed by atoms with Crippen LogP contribution >= 0.6 is 0 Å². The van der Waals surface area contributed by atoms with Crippen LogP contribution in [0.1, 0.15) is 36.1 Å². The van der Waals surface area contributed by atoms with Crippen LogP contribution < -0.4 is 5.32 Å². The van der Waals surface area contributed by atoms with E-state index in [0.29, 0.717) is 6.61 Å². The molecule has 1 amide bonds. The van der Waals surface area contributed by atoms with Gasteiger partial charge in [0.05, 0.1) is 39.1 Å². The van der Waals surface area contributed by atoms with Crippen LogP contribution in [-0.4, -0.2) is 84.1 Å². The Morgan fingerprint density at radius 3 is 1.57 bits per heavy atom. The molecule has 282 valence electrons. The molecule has 0 bridgehead atoms. The van der Waals surface area contributed by atoms with Crippen molar-refractivity contribution in [3.8, 4) is 0 Å². The molecule has 2 aliphatic heterocycles. The first kappa shape index (κ1) is 38.7. The number of nitrogens with one attached hydrogen (secondary N) is 1. The lowest BCUT2D eigenvalue weighted by molar-refractivity contribution is -0.352. The fourth-order valence-corrected chi connectivity index (χ4v) is 6.62. The van der Waals surface area contributed by atoms with Crippen LogP contribution in [0, 0.1) is 0 Å². The SMILES string of the molecule is CC(=O)N[C@@H]1[C@@H](O[C@H]2O[C@H](C)[C@H](OCc3ccccc3)[C@H](OCc3ccccc3)[C@H]2OCc2ccccc2)[C@H](O)[C@@H](COCc2ccccc2)O[C@H]1O. The van der Waals surface area contributed by atoms with E-state index in [-0.39, 0.29) is 26.4 Å². The number of aliphatic hydroxyl groups excluding tert-OH is 2. The molecule has 0 spiro atoms. The second kappa shape index (κ2) is 19.4. The quantitative estimate of drug-likeness (QED) is 0.150. The van der Waals surface area contributed by atoms with Gasteiger partial charge in [-0.3, -0.25) is 4.79 Å². The molecule has 2 saturated heterocycles. The van der Waals surface area contributed by atoms with E-state index in [1.807, 2.05) is 128 Å². The van der Waals surface area contributed by atoms with Gasteiger partial charge in [-0.15, -0.1) is 0 Å². The molecule has 2 fully saturated rings. The molecule has 4 aromatic rings. The summed E-state index contributed by atoms with van der Waals surface area (Å²) in [6.07, 6.45) is -8.90. The van der Waals surface area contributed by atoms with Crippen molar-refractivity contribution in [3.05, 3.63) is 144 Å². The van der Waals surface area contributed by atoms with E-state index in [0.717, 1.165) is 22.3 Å². The smallest absolute Gasteiger partial charge is 0.217 e. The first-order chi connectivity index (χ1) is 25.9. The number of rotatable bonds is 16. The highest BCUT2D eigenvalue weighted by Crippen LogP contribution is 2.34. The Bertz CT molecular complexity index is 1650. The molecule has 0 unspecified atom stereocenters. The molecule has 11 nitrogen and oxygen atoms in total. The van der Waals surface area contributed by atoms with E-state index in [9.17, 15) is 15.0 Å². The molecule has 0 saturated carbocycles. The maximum Gasteiger partial charge on any atom is 0.217 e. The first-order valence-corrected chi connectivity index (χ1v) is 18.0. The molecule has 10 atom stereocenters. The van der Waals surface area contributed by atoms with Crippen molar-refractivity contribution >= 4 is 5.91 Å². The molecule has 0 aromatic heterocycles. The zero-order chi connectivity index (χ0) is 37.0. The summed E-state index contributed by atoms with van der Waals surface area (Å²) in [6, 6.07) is 37.8. The molecule has 0 radical (unpaired) electrons. The molecule has 3 N–H and O–H groups in total. The molecule has 11 heteroatoms. The molecule has 6 rings (SSSR count). The number of benzene rings is 4. The van der Waals surface area contributed by atoms with Crippen LogP contribution in [0.2, 0.25) is 0 Å². The van der Waals surface area contributed by atoms with Gasteiger partial charge in [-0.05, 0) is 29.2 Å². The van der Waals surface area contributed by atoms with Gasteiger partial charge in [-0.1, -0.05) is 121 Å². The Balaban J connectivity index is 1.28. The summed E-state index contributed by atoms with van der Waals surface area (Å²) in [6.45, 7) is 4.18. The van der Waals surface area contributed by atoms with Crippen molar-refractivity contribution in [2.24, 2.45) is 0 Å². The number of carbonyl (C=O) groups excluding carboxylic acids is 1. The average Bonchev–Trinajstić information content (AvgIpc) is 3.18. The van der Waals surface area contributed by atoms with Gasteiger partial charge in [0.2, 0.25) is 5.91 Å². The van der Waals surface area contributed by atoms with E-state index < -0.39 is 67.3 Å². The van der Waals surface area contributed by atoms with E-state index in [2.05, 4.69) is 5.32 Å². The van der Waals surface area contributed by atoms with Gasteiger partial charge in [0.1, 0.15) is 42.7 Å². The second-order valence-corrected chi connectivity index (χ2v) is 13.4. The highest BCUT2D eigenvalue weighted by atomic mass is 16.7. The molecular formula is C42H49NO10. The van der Waals surface area contributed by atoms with Crippen molar-refractivity contribution in [2.75, 3.05) is 6.61 Å². The van der Waals surface area contributed by atoms with Crippen molar-refractivity contribution < 1.29 is 48.2 Å². The van der Waals surface area contributed by atoms with Gasteiger partial charge >= 0.3 is 0 Å². The fourth-order valence-electron chi connectivity index (χ4n) is 6.62. The third-order valence-corrected chi connectivity index (χ3v) is 9.33. The third kappa shape index (κ3) is 10.8. The summed E-state index contributed by atoms with van der Waals surface area (Å²) in [4.78, 5) is 12.4. The van der Waals surface area contributed by atoms with Crippen LogP contribution in [0.25, 0.3) is 0 Å². The molecule has 2 aliphatic rings. The molecule has 4 aromatic carbocycles. The molecular weight excluding hydrogens is 678 g/mol. The molecule has 0 aliphatic carbocycles. The van der Waals surface area contributed by atoms with Crippen molar-refractivity contribution in [2.45, 2.75) is 102 Å². The standard InChI is InChI=1S/C42H49NO10/c1-28-37(48-24-31-17-9-4-10-18-31)39(49-25-32-19-11-5-12-20-32)40(50-26-33-21-13-6-14-22-33)42(51-28)53-38-35(43-29(2)44)41(46)52-34(36(38)45)27-47-23-30-15-7-3-8-16-30/h3-22,28,34-42,45-46H,23-27H2,1-2H3,(H,43,44)/t28-,34-,35-,36-,37+,38-,39+,40-,41-,42-/m1/s1. The first-order valence-electron chi connectivity index (χ1n) is 18.0. The largest absolute Gasteiger partial charge is 0.388 e. The number of hydrogen-bond acceptors (Lipinski definition) is 10. The minimum Gasteiger partial charge on any atom is -0.388 e. The lowest BCUT2D eigenvalue weighted by Gasteiger charge is -2.48. The zero-order valence-electron chi connectivity index (χ0n) is 30.0. The summed E-state index contributed by atoms with van der Waals surface area (Å²) in [7, 11) is 0. The Morgan fingerprint density at radius 1 is 0.623 bits per heavy atom. The Hall–Kier alpha value is -4.01. The van der Waals surface area contributed by atoms with Crippen LogP contribution in [0.4, 0.5) is 0 Å². The predicted molar refractivity (Wildman–Crippen MR) is 195 cm³/mol. The number of amides is 1. The molecule has 53 heavy (non-hydrogen) atoms. The normalized spacial score (nSPS) is 28.7. The average molecular weight is 728 g/mol. The highest BCUT2D eigenvalue weighted by molar-refractivity contribution is 5.73. The van der Waals surface area contributed by atoms with Crippen LogP contribution in [-0.2, 0) is 64.4 Å². The lowest BCUT2D eigenvalue weighted by atomic mass is 9.95. The highest BCUT2D eigenvalue weighted by Gasteiger charge is 2.52. The van der Waals surface area contributed by atoms with Crippen molar-refractivity contribution in [3.63, 3.8) is 0 Å². The van der Waals surface area contributed by atoms with Crippen LogP contribution in [0.15, 0.2) is 121 Å². The number of hydrogen-bond donors (Lipinski definition) is 3. The Labute approximate surface area is 310 Å². The van der Waals surface area contributed by atoms with Gasteiger partial charge in [0, 0.05) is 6.92 Å². The van der Waals surface area contributed by atoms with Gasteiger partial charge in [0.15, 0.2) is 12.6 Å². The van der Waals surface area contributed by atoms with E-state index in [4.69, 9.17) is 33.2 Å². The maximum atomic E-state index is 12.4.